The van der Waals surface area contributed by atoms with Crippen LogP contribution in [-0.2, 0) is 9.53 Å². The second-order valence-electron chi connectivity index (χ2n) is 7.47. The van der Waals surface area contributed by atoms with E-state index in [1.807, 2.05) is 25.1 Å². The molecule has 2 aromatic heterocycles. The second kappa shape index (κ2) is 9.53. The normalized spacial score (nSPS) is 14.3. The zero-order valence-electron chi connectivity index (χ0n) is 17.8. The van der Waals surface area contributed by atoms with Crippen LogP contribution in [0.1, 0.15) is 5.69 Å². The Morgan fingerprint density at radius 2 is 1.87 bits per heavy atom. The van der Waals surface area contributed by atoms with Crippen LogP contribution in [-0.4, -0.2) is 65.7 Å². The Bertz CT molecular complexity index is 1020. The van der Waals surface area contributed by atoms with Crippen molar-refractivity contribution >= 4 is 23.2 Å². The first-order valence-electron chi connectivity index (χ1n) is 10.3. The lowest BCUT2D eigenvalue weighted by Crippen LogP contribution is -2.48. The van der Waals surface area contributed by atoms with Crippen LogP contribution in [0.2, 0.25) is 0 Å². The molecule has 160 valence electrons. The number of methoxy groups -OCH3 is 1. The lowest BCUT2D eigenvalue weighted by atomic mass is 10.2. The Labute approximate surface area is 181 Å². The first-order valence-corrected chi connectivity index (χ1v) is 10.3. The molecule has 0 spiro atoms. The van der Waals surface area contributed by atoms with Gasteiger partial charge in [0.25, 0.3) is 0 Å². The van der Waals surface area contributed by atoms with E-state index in [-0.39, 0.29) is 5.97 Å². The molecule has 8 heteroatoms. The molecule has 0 radical (unpaired) electrons. The minimum atomic E-state index is -0.185. The highest BCUT2D eigenvalue weighted by molar-refractivity contribution is 5.71. The van der Waals surface area contributed by atoms with Crippen molar-refractivity contribution < 1.29 is 9.53 Å². The van der Waals surface area contributed by atoms with E-state index in [0.717, 1.165) is 54.6 Å². The summed E-state index contributed by atoms with van der Waals surface area (Å²) in [5.74, 6) is 1.21. The number of piperazine rings is 1. The van der Waals surface area contributed by atoms with Gasteiger partial charge in [0, 0.05) is 67.3 Å². The number of hydrogen-bond acceptors (Lipinski definition) is 8. The molecule has 0 aliphatic carbocycles. The van der Waals surface area contributed by atoms with Crippen LogP contribution < -0.4 is 10.2 Å². The van der Waals surface area contributed by atoms with Gasteiger partial charge in [-0.05, 0) is 43.3 Å². The lowest BCUT2D eigenvalue weighted by molar-refractivity contribution is -0.142. The number of ether oxygens (including phenoxy) is 1. The van der Waals surface area contributed by atoms with E-state index in [1.165, 1.54) is 7.11 Å². The molecule has 31 heavy (non-hydrogen) atoms. The van der Waals surface area contributed by atoms with Crippen molar-refractivity contribution in [2.24, 2.45) is 0 Å². The smallest absolute Gasteiger partial charge is 0.319 e. The van der Waals surface area contributed by atoms with Crippen molar-refractivity contribution in [3.05, 3.63) is 60.6 Å². The summed E-state index contributed by atoms with van der Waals surface area (Å²) in [7, 11) is 1.43. The van der Waals surface area contributed by atoms with Crippen molar-refractivity contribution in [2.75, 3.05) is 50.1 Å². The highest BCUT2D eigenvalue weighted by Gasteiger charge is 2.19. The third kappa shape index (κ3) is 5.35. The first-order chi connectivity index (χ1) is 15.1. The molecule has 0 atom stereocenters. The first kappa shape index (κ1) is 20.7. The zero-order chi connectivity index (χ0) is 21.6. The summed E-state index contributed by atoms with van der Waals surface area (Å²) in [5, 5.41) is 3.37. The molecule has 1 fully saturated rings. The summed E-state index contributed by atoms with van der Waals surface area (Å²) in [6.07, 6.45) is 3.50. The fourth-order valence-electron chi connectivity index (χ4n) is 3.57. The van der Waals surface area contributed by atoms with Gasteiger partial charge in [-0.1, -0.05) is 0 Å². The zero-order valence-corrected chi connectivity index (χ0v) is 17.8. The fourth-order valence-corrected chi connectivity index (χ4v) is 3.57. The van der Waals surface area contributed by atoms with Gasteiger partial charge >= 0.3 is 5.97 Å². The van der Waals surface area contributed by atoms with Crippen LogP contribution >= 0.6 is 0 Å². The van der Waals surface area contributed by atoms with Crippen molar-refractivity contribution in [2.45, 2.75) is 6.92 Å². The van der Waals surface area contributed by atoms with Crippen molar-refractivity contribution in [1.82, 2.24) is 19.9 Å². The summed E-state index contributed by atoms with van der Waals surface area (Å²) < 4.78 is 4.75. The molecule has 0 saturated carbocycles. The number of anilines is 3. The minimum Gasteiger partial charge on any atom is -0.468 e. The average Bonchev–Trinajstić information content (AvgIpc) is 2.80. The Hall–Kier alpha value is -3.52. The quantitative estimate of drug-likeness (QED) is 0.612. The summed E-state index contributed by atoms with van der Waals surface area (Å²) in [6.45, 7) is 5.74. The fraction of sp³-hybridized carbons (Fsp3) is 0.304. The van der Waals surface area contributed by atoms with Gasteiger partial charge in [0.2, 0.25) is 0 Å². The Morgan fingerprint density at radius 1 is 1.10 bits per heavy atom. The largest absolute Gasteiger partial charge is 0.468 e. The summed E-state index contributed by atoms with van der Waals surface area (Å²) in [6, 6.07) is 14.1. The molecule has 0 bridgehead atoms. The maximum absolute atomic E-state index is 11.4. The van der Waals surface area contributed by atoms with E-state index < -0.39 is 0 Å². The van der Waals surface area contributed by atoms with E-state index in [4.69, 9.17) is 4.74 Å². The van der Waals surface area contributed by atoms with E-state index in [0.29, 0.717) is 12.4 Å². The molecular weight excluding hydrogens is 392 g/mol. The Morgan fingerprint density at radius 3 is 2.55 bits per heavy atom. The van der Waals surface area contributed by atoms with E-state index in [2.05, 4.69) is 54.3 Å². The van der Waals surface area contributed by atoms with Gasteiger partial charge in [0.15, 0.2) is 5.82 Å². The molecule has 3 aromatic rings. The number of esters is 1. The topological polar surface area (TPSA) is 83.5 Å². The van der Waals surface area contributed by atoms with Gasteiger partial charge in [-0.15, -0.1) is 0 Å². The van der Waals surface area contributed by atoms with Gasteiger partial charge in [-0.3, -0.25) is 14.7 Å². The maximum atomic E-state index is 11.4. The third-order valence-electron chi connectivity index (χ3n) is 5.23. The summed E-state index contributed by atoms with van der Waals surface area (Å²) in [5.41, 5.74) is 3.90. The van der Waals surface area contributed by atoms with Crippen LogP contribution in [0, 0.1) is 6.92 Å². The SMILES string of the molecule is COC(=O)CN1CCN(c2ccc(Nc3cc(C)nc(-c4cccnc4)n3)cc2)CC1. The predicted molar refractivity (Wildman–Crippen MR) is 120 cm³/mol. The molecule has 3 heterocycles. The van der Waals surface area contributed by atoms with Crippen LogP contribution in [0.3, 0.4) is 0 Å². The maximum Gasteiger partial charge on any atom is 0.319 e. The van der Waals surface area contributed by atoms with Gasteiger partial charge in [-0.25, -0.2) is 9.97 Å². The molecular formula is C23H26N6O2. The van der Waals surface area contributed by atoms with Crippen LogP contribution in [0.4, 0.5) is 17.2 Å². The van der Waals surface area contributed by atoms with E-state index >= 15 is 0 Å². The molecule has 1 N–H and O–H groups in total. The number of aromatic nitrogens is 3. The van der Waals surface area contributed by atoms with Crippen molar-refractivity contribution in [1.29, 1.82) is 0 Å². The Kier molecular flexibility index (Phi) is 6.37. The van der Waals surface area contributed by atoms with Crippen molar-refractivity contribution in [3.63, 3.8) is 0 Å². The number of carbonyl (C=O) groups is 1. The lowest BCUT2D eigenvalue weighted by Gasteiger charge is -2.35. The standard InChI is InChI=1S/C23H26N6O2/c1-17-14-21(27-23(25-17)18-4-3-9-24-15-18)26-19-5-7-20(8-6-19)29-12-10-28(11-13-29)16-22(30)31-2/h3-9,14-15H,10-13,16H2,1-2H3,(H,25,26,27). The van der Waals surface area contributed by atoms with E-state index in [1.54, 1.807) is 12.4 Å². The molecule has 0 amide bonds. The van der Waals surface area contributed by atoms with Gasteiger partial charge in [0.1, 0.15) is 5.82 Å². The third-order valence-corrected chi connectivity index (χ3v) is 5.23. The molecule has 1 aliphatic heterocycles. The van der Waals surface area contributed by atoms with Crippen LogP contribution in [0.25, 0.3) is 11.4 Å². The second-order valence-corrected chi connectivity index (χ2v) is 7.47. The molecule has 1 aromatic carbocycles. The monoisotopic (exact) mass is 418 g/mol. The number of nitrogens with one attached hydrogen (secondary N) is 1. The number of hydrogen-bond donors (Lipinski definition) is 1. The van der Waals surface area contributed by atoms with Crippen LogP contribution in [0.15, 0.2) is 54.9 Å². The molecule has 4 rings (SSSR count). The highest BCUT2D eigenvalue weighted by Crippen LogP contribution is 2.23. The van der Waals surface area contributed by atoms with Crippen molar-refractivity contribution in [3.8, 4) is 11.4 Å². The number of nitrogens with zero attached hydrogens (tertiary/aromatic N) is 5. The van der Waals surface area contributed by atoms with Gasteiger partial charge in [0.05, 0.1) is 13.7 Å². The number of carbonyl (C=O) groups excluding carboxylic acids is 1. The number of benzene rings is 1. The minimum absolute atomic E-state index is 0.185. The summed E-state index contributed by atoms with van der Waals surface area (Å²) in [4.78, 5) is 29.2. The van der Waals surface area contributed by atoms with E-state index in [9.17, 15) is 4.79 Å². The number of rotatable bonds is 6. The molecule has 0 unspecified atom stereocenters. The van der Waals surface area contributed by atoms with Crippen LogP contribution in [0.5, 0.6) is 0 Å². The number of aryl methyl sites for hydroxylation is 1. The molecule has 1 saturated heterocycles. The number of pyridine rings is 1. The van der Waals surface area contributed by atoms with Gasteiger partial charge in [-0.2, -0.15) is 0 Å². The average molecular weight is 419 g/mol. The van der Waals surface area contributed by atoms with Gasteiger partial charge < -0.3 is 15.0 Å². The predicted octanol–water partition coefficient (Wildman–Crippen LogP) is 2.89. The Balaban J connectivity index is 1.39. The summed E-state index contributed by atoms with van der Waals surface area (Å²) >= 11 is 0. The highest BCUT2D eigenvalue weighted by atomic mass is 16.5. The molecule has 8 nitrogen and oxygen atoms in total. The molecule has 1 aliphatic rings.